The van der Waals surface area contributed by atoms with E-state index in [9.17, 15) is 13.2 Å². The van der Waals surface area contributed by atoms with Crippen LogP contribution < -0.4 is 4.31 Å². The first-order chi connectivity index (χ1) is 7.88. The number of benzene rings is 1. The lowest BCUT2D eigenvalue weighted by Crippen LogP contribution is -2.26. The van der Waals surface area contributed by atoms with Gasteiger partial charge in [-0.1, -0.05) is 25.1 Å². The van der Waals surface area contributed by atoms with Crippen LogP contribution in [0.2, 0.25) is 0 Å². The first kappa shape index (κ1) is 13.7. The molecule has 0 heterocycles. The second-order valence-corrected chi connectivity index (χ2v) is 6.11. The van der Waals surface area contributed by atoms with E-state index in [-0.39, 0.29) is 5.92 Å². The SMILES string of the molecule is CC(CC=O)c1ccccc1N(C)S(C)(=O)=O. The Balaban J connectivity index is 3.21. The van der Waals surface area contributed by atoms with Gasteiger partial charge in [0, 0.05) is 13.5 Å². The van der Waals surface area contributed by atoms with Gasteiger partial charge in [-0.05, 0) is 17.5 Å². The average Bonchev–Trinajstić information content (AvgIpc) is 2.27. The van der Waals surface area contributed by atoms with E-state index in [0.29, 0.717) is 12.1 Å². The number of hydrogen-bond donors (Lipinski definition) is 0. The molecule has 1 atom stereocenters. The third-order valence-corrected chi connectivity index (χ3v) is 3.95. The Labute approximate surface area is 102 Å². The molecule has 0 spiro atoms. The molecule has 0 N–H and O–H groups in total. The highest BCUT2D eigenvalue weighted by atomic mass is 32.2. The third-order valence-electron chi connectivity index (χ3n) is 2.75. The van der Waals surface area contributed by atoms with Crippen molar-refractivity contribution in [2.75, 3.05) is 17.6 Å². The summed E-state index contributed by atoms with van der Waals surface area (Å²) in [6, 6.07) is 7.23. The molecule has 0 fully saturated rings. The van der Waals surface area contributed by atoms with Gasteiger partial charge in [-0.2, -0.15) is 0 Å². The number of para-hydroxylation sites is 1. The summed E-state index contributed by atoms with van der Waals surface area (Å²) in [7, 11) is -1.77. The van der Waals surface area contributed by atoms with Gasteiger partial charge in [0.1, 0.15) is 6.29 Å². The van der Waals surface area contributed by atoms with Crippen LogP contribution in [0.15, 0.2) is 24.3 Å². The van der Waals surface area contributed by atoms with E-state index in [4.69, 9.17) is 0 Å². The molecule has 1 aromatic rings. The van der Waals surface area contributed by atoms with E-state index in [2.05, 4.69) is 0 Å². The highest BCUT2D eigenvalue weighted by molar-refractivity contribution is 7.92. The van der Waals surface area contributed by atoms with Gasteiger partial charge in [-0.3, -0.25) is 4.31 Å². The van der Waals surface area contributed by atoms with Gasteiger partial charge in [-0.15, -0.1) is 0 Å². The van der Waals surface area contributed by atoms with E-state index < -0.39 is 10.0 Å². The Bertz CT molecular complexity index is 496. The number of sulfonamides is 1. The molecule has 0 radical (unpaired) electrons. The Morgan fingerprint density at radius 1 is 1.35 bits per heavy atom. The molecule has 0 saturated heterocycles. The van der Waals surface area contributed by atoms with Crippen molar-refractivity contribution < 1.29 is 13.2 Å². The topological polar surface area (TPSA) is 54.5 Å². The highest BCUT2D eigenvalue weighted by Gasteiger charge is 2.18. The fourth-order valence-electron chi connectivity index (χ4n) is 1.64. The van der Waals surface area contributed by atoms with Crippen LogP contribution in [-0.2, 0) is 14.8 Å². The minimum absolute atomic E-state index is 0.00731. The van der Waals surface area contributed by atoms with Crippen LogP contribution in [0.1, 0.15) is 24.8 Å². The maximum Gasteiger partial charge on any atom is 0.232 e. The van der Waals surface area contributed by atoms with Crippen molar-refractivity contribution in [2.45, 2.75) is 19.3 Å². The van der Waals surface area contributed by atoms with E-state index in [1.807, 2.05) is 19.1 Å². The zero-order valence-electron chi connectivity index (χ0n) is 10.3. The van der Waals surface area contributed by atoms with Crippen molar-refractivity contribution in [1.82, 2.24) is 0 Å². The number of rotatable bonds is 5. The van der Waals surface area contributed by atoms with Gasteiger partial charge in [0.2, 0.25) is 10.0 Å². The lowest BCUT2D eigenvalue weighted by atomic mass is 9.97. The van der Waals surface area contributed by atoms with Crippen LogP contribution in [0.5, 0.6) is 0 Å². The van der Waals surface area contributed by atoms with E-state index in [0.717, 1.165) is 18.1 Å². The molecule has 0 aromatic heterocycles. The fourth-order valence-corrected chi connectivity index (χ4v) is 2.16. The van der Waals surface area contributed by atoms with Crippen LogP contribution >= 0.6 is 0 Å². The Morgan fingerprint density at radius 2 is 1.94 bits per heavy atom. The zero-order valence-corrected chi connectivity index (χ0v) is 11.1. The van der Waals surface area contributed by atoms with Crippen LogP contribution in [0.3, 0.4) is 0 Å². The molecule has 17 heavy (non-hydrogen) atoms. The largest absolute Gasteiger partial charge is 0.303 e. The quantitative estimate of drug-likeness (QED) is 0.753. The molecular formula is C12H17NO3S. The summed E-state index contributed by atoms with van der Waals surface area (Å²) in [4.78, 5) is 10.5. The zero-order chi connectivity index (χ0) is 13.1. The Hall–Kier alpha value is -1.36. The predicted octanol–water partition coefficient (Wildman–Crippen LogP) is 1.77. The second-order valence-electron chi connectivity index (χ2n) is 4.09. The van der Waals surface area contributed by atoms with Crippen LogP contribution in [-0.4, -0.2) is 28.0 Å². The van der Waals surface area contributed by atoms with Crippen molar-refractivity contribution in [3.05, 3.63) is 29.8 Å². The fraction of sp³-hybridized carbons (Fsp3) is 0.417. The molecule has 0 bridgehead atoms. The van der Waals surface area contributed by atoms with Crippen LogP contribution in [0, 0.1) is 0 Å². The van der Waals surface area contributed by atoms with Crippen molar-refractivity contribution in [3.8, 4) is 0 Å². The minimum atomic E-state index is -3.28. The average molecular weight is 255 g/mol. The van der Waals surface area contributed by atoms with Gasteiger partial charge in [0.05, 0.1) is 11.9 Å². The molecule has 1 rings (SSSR count). The Kier molecular flexibility index (Phi) is 4.28. The summed E-state index contributed by atoms with van der Waals surface area (Å²) >= 11 is 0. The molecule has 1 aromatic carbocycles. The number of carbonyl (C=O) groups is 1. The maximum atomic E-state index is 11.5. The molecule has 0 aliphatic carbocycles. The van der Waals surface area contributed by atoms with Crippen molar-refractivity contribution in [1.29, 1.82) is 0 Å². The number of anilines is 1. The molecule has 1 unspecified atom stereocenters. The minimum Gasteiger partial charge on any atom is -0.303 e. The first-order valence-electron chi connectivity index (χ1n) is 5.34. The van der Waals surface area contributed by atoms with Crippen molar-refractivity contribution >= 4 is 22.0 Å². The predicted molar refractivity (Wildman–Crippen MR) is 68.8 cm³/mol. The van der Waals surface area contributed by atoms with Gasteiger partial charge in [0.15, 0.2) is 0 Å². The van der Waals surface area contributed by atoms with Gasteiger partial charge in [-0.25, -0.2) is 8.42 Å². The third kappa shape index (κ3) is 3.30. The molecule has 0 saturated carbocycles. The normalized spacial score (nSPS) is 13.1. The van der Waals surface area contributed by atoms with Gasteiger partial charge >= 0.3 is 0 Å². The lowest BCUT2D eigenvalue weighted by molar-refractivity contribution is -0.108. The summed E-state index contributed by atoms with van der Waals surface area (Å²) in [6.07, 6.45) is 2.39. The molecule has 4 nitrogen and oxygen atoms in total. The molecule has 5 heteroatoms. The lowest BCUT2D eigenvalue weighted by Gasteiger charge is -2.22. The number of nitrogens with zero attached hydrogens (tertiary/aromatic N) is 1. The van der Waals surface area contributed by atoms with Gasteiger partial charge < -0.3 is 4.79 Å². The molecular weight excluding hydrogens is 238 g/mol. The van der Waals surface area contributed by atoms with Crippen LogP contribution in [0.25, 0.3) is 0 Å². The second kappa shape index (κ2) is 5.31. The maximum absolute atomic E-state index is 11.5. The first-order valence-corrected chi connectivity index (χ1v) is 7.19. The summed E-state index contributed by atoms with van der Waals surface area (Å²) in [6.45, 7) is 1.91. The van der Waals surface area contributed by atoms with E-state index in [1.54, 1.807) is 12.1 Å². The van der Waals surface area contributed by atoms with Gasteiger partial charge in [0.25, 0.3) is 0 Å². The summed E-state index contributed by atoms with van der Waals surface area (Å²) < 4.78 is 24.3. The highest BCUT2D eigenvalue weighted by Crippen LogP contribution is 2.29. The van der Waals surface area contributed by atoms with Crippen molar-refractivity contribution in [2.24, 2.45) is 0 Å². The van der Waals surface area contributed by atoms with E-state index >= 15 is 0 Å². The summed E-state index contributed by atoms with van der Waals surface area (Å²) in [5, 5.41) is 0. The molecule has 0 amide bonds. The number of carbonyl (C=O) groups excluding carboxylic acids is 1. The molecule has 94 valence electrons. The number of hydrogen-bond acceptors (Lipinski definition) is 3. The Morgan fingerprint density at radius 3 is 2.47 bits per heavy atom. The number of aldehydes is 1. The van der Waals surface area contributed by atoms with E-state index in [1.165, 1.54) is 11.4 Å². The van der Waals surface area contributed by atoms with Crippen molar-refractivity contribution in [3.63, 3.8) is 0 Å². The summed E-state index contributed by atoms with van der Waals surface area (Å²) in [5.41, 5.74) is 1.50. The standard InChI is InChI=1S/C12H17NO3S/c1-10(8-9-14)11-6-4-5-7-12(11)13(2)17(3,15)16/h4-7,9-10H,8H2,1-3H3. The van der Waals surface area contributed by atoms with Crippen LogP contribution in [0.4, 0.5) is 5.69 Å². The monoisotopic (exact) mass is 255 g/mol. The smallest absolute Gasteiger partial charge is 0.232 e. The molecule has 0 aliphatic rings. The summed E-state index contributed by atoms with van der Waals surface area (Å²) in [5.74, 6) is 0.00731. The molecule has 0 aliphatic heterocycles.